The first-order valence-electron chi connectivity index (χ1n) is 8.37. The van der Waals surface area contributed by atoms with Crippen LogP contribution in [0.15, 0.2) is 0 Å². The molecule has 0 amide bonds. The predicted octanol–water partition coefficient (Wildman–Crippen LogP) is 1.74. The molecule has 1 aromatic rings. The van der Waals surface area contributed by atoms with Crippen molar-refractivity contribution in [3.8, 4) is 0 Å². The minimum Gasteiger partial charge on any atom is -0.368 e. The molecule has 0 aromatic carbocycles. The topological polar surface area (TPSA) is 81.1 Å². The number of hydrogen-bond acceptors (Lipinski definition) is 5. The van der Waals surface area contributed by atoms with Crippen LogP contribution >= 0.6 is 0 Å². The molecule has 2 fully saturated rings. The van der Waals surface area contributed by atoms with E-state index in [2.05, 4.69) is 9.88 Å². The van der Waals surface area contributed by atoms with E-state index < -0.39 is 0 Å². The van der Waals surface area contributed by atoms with Crippen LogP contribution in [0.1, 0.15) is 56.2 Å². The van der Waals surface area contributed by atoms with Crippen molar-refractivity contribution in [2.45, 2.75) is 62.8 Å². The Balaban J connectivity index is 1.81. The van der Waals surface area contributed by atoms with Gasteiger partial charge in [-0.25, -0.2) is 4.98 Å². The van der Waals surface area contributed by atoms with E-state index in [-0.39, 0.29) is 0 Å². The number of nitrogen functional groups attached to an aromatic ring is 1. The van der Waals surface area contributed by atoms with E-state index in [1.807, 2.05) is 0 Å². The highest BCUT2D eigenvalue weighted by atomic mass is 15.3. The molecular weight excluding hydrogens is 262 g/mol. The molecule has 2 heterocycles. The predicted molar refractivity (Wildman–Crippen MR) is 84.3 cm³/mol. The van der Waals surface area contributed by atoms with Crippen molar-refractivity contribution < 1.29 is 0 Å². The average Bonchev–Trinajstić information content (AvgIpc) is 2.89. The maximum absolute atomic E-state index is 6.06. The molecule has 1 saturated carbocycles. The van der Waals surface area contributed by atoms with Crippen molar-refractivity contribution in [2.75, 3.05) is 23.7 Å². The molecule has 3 aliphatic rings. The zero-order chi connectivity index (χ0) is 14.4. The molecule has 1 saturated heterocycles. The van der Waals surface area contributed by atoms with Crippen molar-refractivity contribution in [1.82, 2.24) is 9.97 Å². The Kier molecular flexibility index (Phi) is 3.06. The van der Waals surface area contributed by atoms with Gasteiger partial charge >= 0.3 is 0 Å². The Hall–Kier alpha value is -1.36. The van der Waals surface area contributed by atoms with Crippen LogP contribution in [0.4, 0.5) is 11.8 Å². The zero-order valence-corrected chi connectivity index (χ0v) is 12.6. The van der Waals surface area contributed by atoms with E-state index in [0.717, 1.165) is 18.8 Å². The third kappa shape index (κ3) is 1.94. The Bertz CT molecular complexity index is 548. The van der Waals surface area contributed by atoms with Gasteiger partial charge in [0, 0.05) is 30.1 Å². The Morgan fingerprint density at radius 3 is 2.57 bits per heavy atom. The summed E-state index contributed by atoms with van der Waals surface area (Å²) in [5.41, 5.74) is 14.9. The molecule has 1 unspecified atom stereocenters. The first kappa shape index (κ1) is 13.3. The summed E-state index contributed by atoms with van der Waals surface area (Å²) in [6, 6.07) is 0.435. The zero-order valence-electron chi connectivity index (χ0n) is 12.6. The maximum Gasteiger partial charge on any atom is 0.222 e. The number of anilines is 2. The first-order chi connectivity index (χ1) is 10.2. The molecule has 0 radical (unpaired) electrons. The molecule has 0 bridgehead atoms. The summed E-state index contributed by atoms with van der Waals surface area (Å²) in [7, 11) is 0. The van der Waals surface area contributed by atoms with Crippen LogP contribution in [-0.2, 0) is 11.8 Å². The molecule has 5 heteroatoms. The van der Waals surface area contributed by atoms with Gasteiger partial charge in [0.15, 0.2) is 0 Å². The van der Waals surface area contributed by atoms with Gasteiger partial charge in [-0.1, -0.05) is 12.8 Å². The Labute approximate surface area is 126 Å². The summed E-state index contributed by atoms with van der Waals surface area (Å²) in [4.78, 5) is 11.7. The molecule has 114 valence electrons. The second kappa shape index (κ2) is 4.83. The second-order valence-corrected chi connectivity index (χ2v) is 6.95. The van der Waals surface area contributed by atoms with E-state index in [1.165, 1.54) is 56.2 Å². The summed E-state index contributed by atoms with van der Waals surface area (Å²) < 4.78 is 0. The van der Waals surface area contributed by atoms with E-state index in [1.54, 1.807) is 0 Å². The first-order valence-corrected chi connectivity index (χ1v) is 8.37. The van der Waals surface area contributed by atoms with Crippen molar-refractivity contribution >= 4 is 11.8 Å². The molecule has 21 heavy (non-hydrogen) atoms. The number of nitrogens with zero attached hydrogens (tertiary/aromatic N) is 3. The minimum absolute atomic E-state index is 0.294. The molecule has 1 atom stereocenters. The quantitative estimate of drug-likeness (QED) is 0.866. The number of fused-ring (bicyclic) bond motifs is 2. The van der Waals surface area contributed by atoms with Gasteiger partial charge in [0.25, 0.3) is 0 Å². The summed E-state index contributed by atoms with van der Waals surface area (Å²) in [6.07, 6.45) is 10.00. The van der Waals surface area contributed by atoms with Crippen molar-refractivity contribution in [3.05, 3.63) is 11.3 Å². The highest BCUT2D eigenvalue weighted by Crippen LogP contribution is 2.50. The van der Waals surface area contributed by atoms with Gasteiger partial charge in [0.2, 0.25) is 5.95 Å². The van der Waals surface area contributed by atoms with Crippen LogP contribution in [0.2, 0.25) is 0 Å². The van der Waals surface area contributed by atoms with Crippen LogP contribution < -0.4 is 16.4 Å². The average molecular weight is 287 g/mol. The fraction of sp³-hybridized carbons (Fsp3) is 0.750. The number of nitrogens with two attached hydrogens (primary N) is 2. The van der Waals surface area contributed by atoms with E-state index >= 15 is 0 Å². The summed E-state index contributed by atoms with van der Waals surface area (Å²) in [5.74, 6) is 1.53. The van der Waals surface area contributed by atoms with E-state index in [9.17, 15) is 0 Å². The SMILES string of the molecule is NCC1CCN1c1nc(N)nc2c1CCCC21CCCC1. The van der Waals surface area contributed by atoms with Crippen LogP contribution in [0, 0.1) is 0 Å². The Morgan fingerprint density at radius 2 is 1.90 bits per heavy atom. The Morgan fingerprint density at radius 1 is 1.14 bits per heavy atom. The third-order valence-electron chi connectivity index (χ3n) is 5.84. The van der Waals surface area contributed by atoms with Crippen molar-refractivity contribution in [2.24, 2.45) is 5.73 Å². The minimum atomic E-state index is 0.294. The lowest BCUT2D eigenvalue weighted by Crippen LogP contribution is -2.53. The van der Waals surface area contributed by atoms with Crippen molar-refractivity contribution in [3.63, 3.8) is 0 Å². The van der Waals surface area contributed by atoms with Crippen LogP contribution in [0.5, 0.6) is 0 Å². The van der Waals surface area contributed by atoms with Gasteiger partial charge in [0.05, 0.1) is 5.69 Å². The fourth-order valence-electron chi connectivity index (χ4n) is 4.62. The van der Waals surface area contributed by atoms with Crippen molar-refractivity contribution in [1.29, 1.82) is 0 Å². The van der Waals surface area contributed by atoms with Crippen LogP contribution in [-0.4, -0.2) is 29.1 Å². The third-order valence-corrected chi connectivity index (χ3v) is 5.84. The van der Waals surface area contributed by atoms with Gasteiger partial charge in [-0.3, -0.25) is 0 Å². The van der Waals surface area contributed by atoms with Gasteiger partial charge in [-0.15, -0.1) is 0 Å². The molecule has 2 aliphatic carbocycles. The lowest BCUT2D eigenvalue weighted by atomic mass is 9.71. The van der Waals surface area contributed by atoms with Gasteiger partial charge in [-0.2, -0.15) is 4.98 Å². The maximum atomic E-state index is 6.06. The standard InChI is InChI=1S/C16H25N5/c17-10-11-5-9-21(11)14-12-4-3-8-16(6-1-2-7-16)13(12)19-15(18)20-14/h11H,1-10,17H2,(H2,18,19,20). The molecular formula is C16H25N5. The van der Waals surface area contributed by atoms with Gasteiger partial charge < -0.3 is 16.4 Å². The van der Waals surface area contributed by atoms with Gasteiger partial charge in [0.1, 0.15) is 5.82 Å². The highest BCUT2D eigenvalue weighted by Gasteiger charge is 2.43. The largest absolute Gasteiger partial charge is 0.368 e. The summed E-state index contributed by atoms with van der Waals surface area (Å²) in [6.45, 7) is 1.75. The monoisotopic (exact) mass is 287 g/mol. The normalized spacial score (nSPS) is 26.7. The summed E-state index contributed by atoms with van der Waals surface area (Å²) >= 11 is 0. The molecule has 1 aliphatic heterocycles. The van der Waals surface area contributed by atoms with E-state index in [4.69, 9.17) is 16.5 Å². The number of aromatic nitrogens is 2. The molecule has 1 aromatic heterocycles. The lowest BCUT2D eigenvalue weighted by molar-refractivity contribution is 0.355. The molecule has 5 nitrogen and oxygen atoms in total. The van der Waals surface area contributed by atoms with Gasteiger partial charge in [-0.05, 0) is 38.5 Å². The fourth-order valence-corrected chi connectivity index (χ4v) is 4.62. The van der Waals surface area contributed by atoms with E-state index in [0.29, 0.717) is 23.9 Å². The van der Waals surface area contributed by atoms with Crippen LogP contribution in [0.25, 0.3) is 0 Å². The van der Waals surface area contributed by atoms with Crippen LogP contribution in [0.3, 0.4) is 0 Å². The number of hydrogen-bond donors (Lipinski definition) is 2. The summed E-state index contributed by atoms with van der Waals surface area (Å²) in [5, 5.41) is 0. The second-order valence-electron chi connectivity index (χ2n) is 6.95. The smallest absolute Gasteiger partial charge is 0.222 e. The lowest BCUT2D eigenvalue weighted by Gasteiger charge is -2.44. The molecule has 1 spiro atoms. The molecule has 4 N–H and O–H groups in total. The number of rotatable bonds is 2. The molecule has 4 rings (SSSR count). The highest BCUT2D eigenvalue weighted by molar-refractivity contribution is 5.57.